The van der Waals surface area contributed by atoms with Gasteiger partial charge in [0.25, 0.3) is 5.91 Å². The van der Waals surface area contributed by atoms with E-state index in [0.717, 1.165) is 33.4 Å². The number of hydrogen-bond donors (Lipinski definition) is 2. The molecule has 0 fully saturated rings. The Bertz CT molecular complexity index is 1430. The highest BCUT2D eigenvalue weighted by atomic mass is 32.1. The number of nitrogens with one attached hydrogen (secondary N) is 2. The number of aryl methyl sites for hydroxylation is 1. The monoisotopic (exact) mass is 500 g/mol. The van der Waals surface area contributed by atoms with Gasteiger partial charge in [-0.2, -0.15) is 5.10 Å². The quantitative estimate of drug-likeness (QED) is 0.422. The number of rotatable bonds is 5. The molecule has 9 heteroatoms. The summed E-state index contributed by atoms with van der Waals surface area (Å²) in [6.45, 7) is 5.98. The molecule has 6 rings (SSSR count). The highest BCUT2D eigenvalue weighted by molar-refractivity contribution is 7.17. The second-order valence-electron chi connectivity index (χ2n) is 9.77. The average molecular weight is 501 g/mol. The van der Waals surface area contributed by atoms with E-state index in [1.165, 1.54) is 16.9 Å². The van der Waals surface area contributed by atoms with Gasteiger partial charge in [-0.3, -0.25) is 9.48 Å². The number of thiazole rings is 1. The van der Waals surface area contributed by atoms with Gasteiger partial charge in [0, 0.05) is 25.4 Å². The first kappa shape index (κ1) is 22.8. The maximum absolute atomic E-state index is 13.1. The topological polar surface area (TPSA) is 84.3 Å². The zero-order valence-electron chi connectivity index (χ0n) is 20.5. The Morgan fingerprint density at radius 3 is 2.81 bits per heavy atom. The molecule has 184 valence electrons. The molecule has 1 atom stereocenters. The van der Waals surface area contributed by atoms with E-state index in [-0.39, 0.29) is 11.9 Å². The van der Waals surface area contributed by atoms with Crippen molar-refractivity contribution in [1.82, 2.24) is 25.4 Å². The second-order valence-corrected chi connectivity index (χ2v) is 10.7. The molecular formula is C27H28N6O2S. The molecule has 0 spiro atoms. The SMILES string of the molecule is Cn1cc(-c2ccc3c(c2)N(c2nc4c(s2)C(=O)NC(C)(C)C4NCc2ccccc2)CCO3)cn1. The molecule has 2 aliphatic rings. The van der Waals surface area contributed by atoms with Gasteiger partial charge in [0.2, 0.25) is 0 Å². The Balaban J connectivity index is 1.36. The molecule has 2 aliphatic heterocycles. The van der Waals surface area contributed by atoms with Crippen LogP contribution in [0, 0.1) is 0 Å². The van der Waals surface area contributed by atoms with Crippen molar-refractivity contribution in [3.8, 4) is 16.9 Å². The first-order valence-corrected chi connectivity index (χ1v) is 12.8. The van der Waals surface area contributed by atoms with Crippen molar-refractivity contribution in [1.29, 1.82) is 0 Å². The van der Waals surface area contributed by atoms with Crippen LogP contribution < -0.4 is 20.3 Å². The minimum atomic E-state index is -0.486. The Kier molecular flexibility index (Phi) is 5.54. The maximum Gasteiger partial charge on any atom is 0.263 e. The van der Waals surface area contributed by atoms with Crippen LogP contribution >= 0.6 is 11.3 Å². The van der Waals surface area contributed by atoms with Crippen LogP contribution in [-0.2, 0) is 13.6 Å². The third kappa shape index (κ3) is 4.04. The molecule has 2 aromatic carbocycles. The molecule has 2 N–H and O–H groups in total. The number of amides is 1. The lowest BCUT2D eigenvalue weighted by Crippen LogP contribution is -2.56. The predicted molar refractivity (Wildman–Crippen MR) is 141 cm³/mol. The summed E-state index contributed by atoms with van der Waals surface area (Å²) >= 11 is 1.44. The summed E-state index contributed by atoms with van der Waals surface area (Å²) in [4.78, 5) is 21.0. The average Bonchev–Trinajstić information content (AvgIpc) is 3.50. The van der Waals surface area contributed by atoms with Gasteiger partial charge < -0.3 is 20.3 Å². The van der Waals surface area contributed by atoms with E-state index in [4.69, 9.17) is 9.72 Å². The Labute approximate surface area is 213 Å². The summed E-state index contributed by atoms with van der Waals surface area (Å²) in [6, 6.07) is 16.3. The summed E-state index contributed by atoms with van der Waals surface area (Å²) in [5.74, 6) is 0.736. The van der Waals surface area contributed by atoms with Gasteiger partial charge in [-0.05, 0) is 37.1 Å². The molecule has 1 unspecified atom stereocenters. The molecule has 0 aliphatic carbocycles. The molecule has 0 radical (unpaired) electrons. The summed E-state index contributed by atoms with van der Waals surface area (Å²) in [5, 5.41) is 11.9. The van der Waals surface area contributed by atoms with Crippen molar-refractivity contribution in [3.63, 3.8) is 0 Å². The summed E-state index contributed by atoms with van der Waals surface area (Å²) in [5.41, 5.74) is 4.54. The number of hydrogen-bond acceptors (Lipinski definition) is 7. The molecule has 2 aromatic heterocycles. The van der Waals surface area contributed by atoms with Crippen LogP contribution in [0.2, 0.25) is 0 Å². The predicted octanol–water partition coefficient (Wildman–Crippen LogP) is 4.43. The lowest BCUT2D eigenvalue weighted by molar-refractivity contribution is 0.0867. The Morgan fingerprint density at radius 2 is 2.03 bits per heavy atom. The zero-order chi connectivity index (χ0) is 24.9. The van der Waals surface area contributed by atoms with Crippen LogP contribution in [-0.4, -0.2) is 39.4 Å². The van der Waals surface area contributed by atoms with Crippen molar-refractivity contribution in [2.45, 2.75) is 32.0 Å². The number of anilines is 2. The molecule has 0 saturated carbocycles. The fraction of sp³-hybridized carbons (Fsp3) is 0.296. The van der Waals surface area contributed by atoms with Gasteiger partial charge in [0.1, 0.15) is 17.2 Å². The smallest absolute Gasteiger partial charge is 0.263 e. The largest absolute Gasteiger partial charge is 0.490 e. The van der Waals surface area contributed by atoms with Gasteiger partial charge in [0.05, 0.1) is 35.7 Å². The highest BCUT2D eigenvalue weighted by Gasteiger charge is 2.42. The van der Waals surface area contributed by atoms with Crippen molar-refractivity contribution in [2.24, 2.45) is 7.05 Å². The normalized spacial score (nSPS) is 18.2. The second kappa shape index (κ2) is 8.76. The van der Waals surface area contributed by atoms with E-state index < -0.39 is 5.54 Å². The Morgan fingerprint density at radius 1 is 1.19 bits per heavy atom. The maximum atomic E-state index is 13.1. The highest BCUT2D eigenvalue weighted by Crippen LogP contribution is 2.44. The summed E-state index contributed by atoms with van der Waals surface area (Å²) in [7, 11) is 1.91. The fourth-order valence-corrected chi connectivity index (χ4v) is 5.93. The number of nitrogens with zero attached hydrogens (tertiary/aromatic N) is 4. The van der Waals surface area contributed by atoms with Crippen LogP contribution in [0.5, 0.6) is 5.75 Å². The van der Waals surface area contributed by atoms with Gasteiger partial charge in [0.15, 0.2) is 5.13 Å². The third-order valence-corrected chi connectivity index (χ3v) is 7.82. The van der Waals surface area contributed by atoms with Crippen molar-refractivity contribution in [3.05, 3.63) is 77.1 Å². The fourth-order valence-electron chi connectivity index (χ4n) is 4.89. The van der Waals surface area contributed by atoms with Crippen molar-refractivity contribution < 1.29 is 9.53 Å². The van der Waals surface area contributed by atoms with E-state index in [2.05, 4.69) is 38.8 Å². The van der Waals surface area contributed by atoms with Crippen LogP contribution in [0.15, 0.2) is 60.9 Å². The number of benzene rings is 2. The summed E-state index contributed by atoms with van der Waals surface area (Å²) in [6.07, 6.45) is 3.85. The lowest BCUT2D eigenvalue weighted by Gasteiger charge is -2.38. The zero-order valence-corrected chi connectivity index (χ0v) is 21.3. The number of fused-ring (bicyclic) bond motifs is 2. The third-order valence-electron chi connectivity index (χ3n) is 6.72. The van der Waals surface area contributed by atoms with Crippen LogP contribution in [0.1, 0.15) is 40.8 Å². The summed E-state index contributed by atoms with van der Waals surface area (Å²) < 4.78 is 7.75. The molecule has 1 amide bonds. The molecule has 4 aromatic rings. The molecule has 36 heavy (non-hydrogen) atoms. The Hall–Kier alpha value is -3.69. The number of aromatic nitrogens is 3. The lowest BCUT2D eigenvalue weighted by atomic mass is 9.87. The van der Waals surface area contributed by atoms with E-state index in [1.807, 2.05) is 63.6 Å². The number of ether oxygens (including phenoxy) is 1. The van der Waals surface area contributed by atoms with Crippen LogP contribution in [0.3, 0.4) is 0 Å². The molecular weight excluding hydrogens is 472 g/mol. The van der Waals surface area contributed by atoms with Gasteiger partial charge in [-0.25, -0.2) is 4.98 Å². The number of carbonyl (C=O) groups is 1. The first-order valence-electron chi connectivity index (χ1n) is 12.0. The van der Waals surface area contributed by atoms with Gasteiger partial charge in [-0.15, -0.1) is 0 Å². The molecule has 4 heterocycles. The minimum Gasteiger partial charge on any atom is -0.490 e. The number of carbonyl (C=O) groups excluding carboxylic acids is 1. The van der Waals surface area contributed by atoms with Crippen LogP contribution in [0.25, 0.3) is 11.1 Å². The molecule has 0 saturated heterocycles. The van der Waals surface area contributed by atoms with E-state index in [9.17, 15) is 4.79 Å². The van der Waals surface area contributed by atoms with E-state index in [1.54, 1.807) is 4.68 Å². The van der Waals surface area contributed by atoms with Crippen LogP contribution in [0.4, 0.5) is 10.8 Å². The minimum absolute atomic E-state index is 0.0749. The van der Waals surface area contributed by atoms with Gasteiger partial charge >= 0.3 is 0 Å². The van der Waals surface area contributed by atoms with Crippen molar-refractivity contribution >= 4 is 28.1 Å². The molecule has 8 nitrogen and oxygen atoms in total. The first-order chi connectivity index (χ1) is 17.4. The van der Waals surface area contributed by atoms with E-state index >= 15 is 0 Å². The van der Waals surface area contributed by atoms with E-state index in [0.29, 0.717) is 24.6 Å². The molecule has 0 bridgehead atoms. The van der Waals surface area contributed by atoms with Crippen molar-refractivity contribution in [2.75, 3.05) is 18.1 Å². The standard InChI is InChI=1S/C27H28N6O2S/c1-27(2)24(28-14-17-7-5-4-6-8-17)22-23(25(34)31-27)36-26(30-22)33-11-12-35-21-10-9-18(13-20(21)33)19-15-29-32(3)16-19/h4-10,13,15-16,24,28H,11-12,14H2,1-3H3,(H,31,34). The van der Waals surface area contributed by atoms with Gasteiger partial charge in [-0.1, -0.05) is 47.7 Å².